The molecule has 0 aromatic heterocycles. The molecular weight excluding hydrogens is 142 g/mol. The van der Waals surface area contributed by atoms with Crippen LogP contribution in [0.15, 0.2) is 24.9 Å². The van der Waals surface area contributed by atoms with E-state index in [-0.39, 0.29) is 0 Å². The van der Waals surface area contributed by atoms with Crippen molar-refractivity contribution < 1.29 is 13.5 Å². The second kappa shape index (κ2) is 2.65. The van der Waals surface area contributed by atoms with E-state index in [2.05, 4.69) is 4.74 Å². The summed E-state index contributed by atoms with van der Waals surface area (Å²) in [5, 5.41) is 0. The van der Waals surface area contributed by atoms with Gasteiger partial charge in [0.05, 0.1) is 12.4 Å². The first kappa shape index (κ1) is 6.31. The minimum absolute atomic E-state index is 1.10. The van der Waals surface area contributed by atoms with Crippen LogP contribution in [0.5, 0.6) is 0 Å². The average molecular weight is 147 g/mol. The summed E-state index contributed by atoms with van der Waals surface area (Å²) in [6, 6.07) is 0. The fraction of sp³-hybridized carbons (Fsp3) is 0. The summed E-state index contributed by atoms with van der Waals surface area (Å²) in [7, 11) is 0. The van der Waals surface area contributed by atoms with Crippen LogP contribution in [0, 0.1) is 0 Å². The third-order valence-corrected chi connectivity index (χ3v) is 1.36. The van der Waals surface area contributed by atoms with Gasteiger partial charge < -0.3 is 4.74 Å². The molecule has 1 unspecified atom stereocenters. The molecule has 1 atom stereocenters. The Balaban J connectivity index is 2.60. The summed E-state index contributed by atoms with van der Waals surface area (Å²) in [4.78, 5) is 0. The van der Waals surface area contributed by atoms with Crippen molar-refractivity contribution >= 4 is 11.3 Å². The number of hydrogen-bond acceptors (Lipinski definition) is 2. The minimum Gasteiger partial charge on any atom is -0.470 e. The first-order valence-electron chi connectivity index (χ1n) is 2.19. The summed E-state index contributed by atoms with van der Waals surface area (Å²) in [5.74, 6) is 0. The molecule has 1 N–H and O–H groups in total. The van der Waals surface area contributed by atoms with Gasteiger partial charge in [-0.15, -0.1) is 0 Å². The molecule has 5 heteroatoms. The van der Waals surface area contributed by atoms with Crippen LogP contribution in [0.25, 0.3) is 0 Å². The van der Waals surface area contributed by atoms with Gasteiger partial charge in [-0.25, -0.2) is 8.51 Å². The summed E-state index contributed by atoms with van der Waals surface area (Å²) < 4.78 is 24.4. The molecule has 1 aliphatic heterocycles. The highest BCUT2D eigenvalue weighted by Gasteiger charge is 2.01. The number of hydrogen-bond donors (Lipinski definition) is 1. The predicted molar refractivity (Wildman–Crippen MR) is 32.0 cm³/mol. The molecule has 0 aliphatic carbocycles. The summed E-state index contributed by atoms with van der Waals surface area (Å²) >= 11 is -1.97. The quantitative estimate of drug-likeness (QED) is 0.546. The molecule has 0 aromatic rings. The lowest BCUT2D eigenvalue weighted by Crippen LogP contribution is -2.13. The van der Waals surface area contributed by atoms with Crippen molar-refractivity contribution in [2.75, 3.05) is 0 Å². The molecular formula is C4H5NO3S. The molecule has 1 aliphatic rings. The highest BCUT2D eigenvalue weighted by atomic mass is 32.2. The van der Waals surface area contributed by atoms with E-state index in [4.69, 9.17) is 4.55 Å². The molecule has 0 saturated carbocycles. The molecule has 0 aromatic carbocycles. The summed E-state index contributed by atoms with van der Waals surface area (Å²) in [5.41, 5.74) is 0. The first-order valence-corrected chi connectivity index (χ1v) is 3.25. The Morgan fingerprint density at radius 3 is 2.33 bits per heavy atom. The molecule has 50 valence electrons. The standard InChI is InChI=1S/C4H5NO3S/c6-9(7)5-1-3-8-4-2-5/h1-4H,(H,6,7). The summed E-state index contributed by atoms with van der Waals surface area (Å²) in [6.07, 6.45) is 5.34. The number of rotatable bonds is 1. The van der Waals surface area contributed by atoms with Crippen LogP contribution >= 0.6 is 0 Å². The lowest BCUT2D eigenvalue weighted by atomic mass is 10.8. The zero-order chi connectivity index (χ0) is 6.69. The van der Waals surface area contributed by atoms with Gasteiger partial charge in [-0.05, 0) is 0 Å². The number of nitrogens with zero attached hydrogens (tertiary/aromatic N) is 1. The highest BCUT2D eigenvalue weighted by Crippen LogP contribution is 2.00. The second-order valence-electron chi connectivity index (χ2n) is 1.30. The Kier molecular flexibility index (Phi) is 1.86. The van der Waals surface area contributed by atoms with Crippen LogP contribution in [0.3, 0.4) is 0 Å². The molecule has 9 heavy (non-hydrogen) atoms. The fourth-order valence-electron chi connectivity index (χ4n) is 0.389. The highest BCUT2D eigenvalue weighted by molar-refractivity contribution is 7.76. The van der Waals surface area contributed by atoms with Crippen LogP contribution in [0.2, 0.25) is 0 Å². The minimum atomic E-state index is -1.97. The van der Waals surface area contributed by atoms with Crippen LogP contribution in [0.4, 0.5) is 0 Å². The Morgan fingerprint density at radius 1 is 1.44 bits per heavy atom. The molecule has 0 saturated heterocycles. The Hall–Kier alpha value is -0.810. The maximum atomic E-state index is 10.2. The lowest BCUT2D eigenvalue weighted by Gasteiger charge is -2.10. The number of ether oxygens (including phenoxy) is 1. The average Bonchev–Trinajstić information content (AvgIpc) is 1.90. The zero-order valence-electron chi connectivity index (χ0n) is 4.43. The van der Waals surface area contributed by atoms with E-state index in [1.807, 2.05) is 0 Å². The maximum absolute atomic E-state index is 10.2. The molecule has 1 rings (SSSR count). The SMILES string of the molecule is O=S(O)N1C=COC=C1. The third-order valence-electron chi connectivity index (χ3n) is 0.753. The molecule has 4 nitrogen and oxygen atoms in total. The Labute approximate surface area is 54.8 Å². The summed E-state index contributed by atoms with van der Waals surface area (Å²) in [6.45, 7) is 0. The van der Waals surface area contributed by atoms with Gasteiger partial charge in [0.25, 0.3) is 11.3 Å². The van der Waals surface area contributed by atoms with E-state index < -0.39 is 11.3 Å². The van der Waals surface area contributed by atoms with E-state index in [9.17, 15) is 4.21 Å². The van der Waals surface area contributed by atoms with Crippen molar-refractivity contribution in [3.8, 4) is 0 Å². The van der Waals surface area contributed by atoms with Crippen molar-refractivity contribution in [3.05, 3.63) is 24.9 Å². The van der Waals surface area contributed by atoms with Gasteiger partial charge >= 0.3 is 0 Å². The van der Waals surface area contributed by atoms with Crippen molar-refractivity contribution in [1.29, 1.82) is 0 Å². The van der Waals surface area contributed by atoms with Gasteiger partial charge in [-0.2, -0.15) is 0 Å². The van der Waals surface area contributed by atoms with E-state index in [0.29, 0.717) is 0 Å². The van der Waals surface area contributed by atoms with Gasteiger partial charge in [0.15, 0.2) is 0 Å². The molecule has 0 spiro atoms. The molecule has 0 radical (unpaired) electrons. The largest absolute Gasteiger partial charge is 0.470 e. The maximum Gasteiger partial charge on any atom is 0.265 e. The second-order valence-corrected chi connectivity index (χ2v) is 2.18. The van der Waals surface area contributed by atoms with Crippen LogP contribution in [-0.4, -0.2) is 13.1 Å². The predicted octanol–water partition coefficient (Wildman–Crippen LogP) is 0.398. The van der Waals surface area contributed by atoms with Crippen molar-refractivity contribution in [1.82, 2.24) is 4.31 Å². The van der Waals surface area contributed by atoms with Crippen molar-refractivity contribution in [3.63, 3.8) is 0 Å². The third kappa shape index (κ3) is 1.55. The molecule has 0 bridgehead atoms. The monoisotopic (exact) mass is 147 g/mol. The lowest BCUT2D eigenvalue weighted by molar-refractivity contribution is 0.371. The van der Waals surface area contributed by atoms with Crippen molar-refractivity contribution in [2.45, 2.75) is 0 Å². The van der Waals surface area contributed by atoms with E-state index in [1.165, 1.54) is 24.9 Å². The van der Waals surface area contributed by atoms with E-state index in [0.717, 1.165) is 4.31 Å². The topological polar surface area (TPSA) is 49.8 Å². The van der Waals surface area contributed by atoms with Crippen LogP contribution in [0.1, 0.15) is 0 Å². The van der Waals surface area contributed by atoms with Gasteiger partial charge in [0.1, 0.15) is 12.5 Å². The fourth-order valence-corrected chi connectivity index (χ4v) is 0.697. The normalized spacial score (nSPS) is 19.4. The first-order chi connectivity index (χ1) is 4.30. The Morgan fingerprint density at radius 2 is 2.00 bits per heavy atom. The zero-order valence-corrected chi connectivity index (χ0v) is 5.25. The molecule has 0 amide bonds. The van der Waals surface area contributed by atoms with Gasteiger partial charge in [0.2, 0.25) is 0 Å². The van der Waals surface area contributed by atoms with Gasteiger partial charge in [-0.3, -0.25) is 4.55 Å². The van der Waals surface area contributed by atoms with E-state index in [1.54, 1.807) is 0 Å². The van der Waals surface area contributed by atoms with E-state index >= 15 is 0 Å². The molecule has 0 fully saturated rings. The Bertz CT molecular complexity index is 165. The smallest absolute Gasteiger partial charge is 0.265 e. The molecule has 1 heterocycles. The van der Waals surface area contributed by atoms with Crippen LogP contribution < -0.4 is 0 Å². The van der Waals surface area contributed by atoms with Crippen LogP contribution in [-0.2, 0) is 16.0 Å². The van der Waals surface area contributed by atoms with Gasteiger partial charge in [0, 0.05) is 0 Å². The van der Waals surface area contributed by atoms with Gasteiger partial charge in [-0.1, -0.05) is 0 Å². The van der Waals surface area contributed by atoms with Crippen molar-refractivity contribution in [2.24, 2.45) is 0 Å².